The highest BCUT2D eigenvalue weighted by atomic mass is 19.4. The summed E-state index contributed by atoms with van der Waals surface area (Å²) in [5.74, 6) is -1.35. The highest BCUT2D eigenvalue weighted by Crippen LogP contribution is 2.30. The van der Waals surface area contributed by atoms with Crippen molar-refractivity contribution in [2.75, 3.05) is 12.4 Å². The Kier molecular flexibility index (Phi) is 5.63. The highest BCUT2D eigenvalue weighted by molar-refractivity contribution is 6.39. The lowest BCUT2D eigenvalue weighted by molar-refractivity contribution is -0.137. The molecule has 0 aliphatic rings. The zero-order valence-corrected chi connectivity index (χ0v) is 13.2. The van der Waals surface area contributed by atoms with Gasteiger partial charge >= 0.3 is 18.0 Å². The van der Waals surface area contributed by atoms with Gasteiger partial charge in [-0.2, -0.15) is 13.2 Å². The molecule has 0 radical (unpaired) electrons. The fourth-order valence-corrected chi connectivity index (χ4v) is 1.97. The minimum absolute atomic E-state index is 0.0961. The number of carbonyl (C=O) groups is 2. The van der Waals surface area contributed by atoms with Crippen molar-refractivity contribution >= 4 is 17.5 Å². The number of hydrogen-bond donors (Lipinski definition) is 2. The van der Waals surface area contributed by atoms with E-state index in [1.54, 1.807) is 24.3 Å². The molecule has 0 fully saturated rings. The Morgan fingerprint density at radius 3 is 2.32 bits per heavy atom. The molecular weight excluding hydrogens is 337 g/mol. The summed E-state index contributed by atoms with van der Waals surface area (Å²) in [5, 5.41) is 4.53. The molecule has 0 aliphatic heterocycles. The third-order valence-corrected chi connectivity index (χ3v) is 3.27. The lowest BCUT2D eigenvalue weighted by Gasteiger charge is -2.10. The number of benzene rings is 2. The Balaban J connectivity index is 1.92. The molecule has 0 atom stereocenters. The fourth-order valence-electron chi connectivity index (χ4n) is 1.97. The van der Waals surface area contributed by atoms with Crippen LogP contribution in [-0.4, -0.2) is 18.9 Å². The summed E-state index contributed by atoms with van der Waals surface area (Å²) in [6.07, 6.45) is -4.53. The van der Waals surface area contributed by atoms with Crippen molar-refractivity contribution in [1.29, 1.82) is 0 Å². The summed E-state index contributed by atoms with van der Waals surface area (Å²) >= 11 is 0. The number of anilines is 1. The zero-order chi connectivity index (χ0) is 18.4. The standard InChI is InChI=1S/C17H15F3N2O3/c1-25-14-7-5-11(6-8-14)10-21-15(23)16(24)22-13-4-2-3-12(9-13)17(18,19)20/h2-9H,10H2,1H3,(H,21,23)(H,22,24). The van der Waals surface area contributed by atoms with Crippen LogP contribution in [0.3, 0.4) is 0 Å². The van der Waals surface area contributed by atoms with Crippen molar-refractivity contribution in [3.8, 4) is 5.75 Å². The van der Waals surface area contributed by atoms with Crippen LogP contribution in [0.4, 0.5) is 18.9 Å². The van der Waals surface area contributed by atoms with Crippen LogP contribution < -0.4 is 15.4 Å². The van der Waals surface area contributed by atoms with E-state index < -0.39 is 23.6 Å². The Labute approximate surface area is 141 Å². The van der Waals surface area contributed by atoms with Crippen molar-refractivity contribution in [3.05, 3.63) is 59.7 Å². The van der Waals surface area contributed by atoms with E-state index in [4.69, 9.17) is 4.74 Å². The van der Waals surface area contributed by atoms with Gasteiger partial charge in [0.1, 0.15) is 5.75 Å². The highest BCUT2D eigenvalue weighted by Gasteiger charge is 2.30. The fraction of sp³-hybridized carbons (Fsp3) is 0.176. The second kappa shape index (κ2) is 7.69. The van der Waals surface area contributed by atoms with Gasteiger partial charge in [0.25, 0.3) is 0 Å². The van der Waals surface area contributed by atoms with Crippen LogP contribution in [-0.2, 0) is 22.3 Å². The molecule has 0 heterocycles. The maximum absolute atomic E-state index is 12.6. The van der Waals surface area contributed by atoms with Gasteiger partial charge in [0.05, 0.1) is 12.7 Å². The number of halogens is 3. The molecule has 2 amide bonds. The van der Waals surface area contributed by atoms with Crippen LogP contribution in [0.25, 0.3) is 0 Å². The van der Waals surface area contributed by atoms with E-state index in [0.29, 0.717) is 5.75 Å². The van der Waals surface area contributed by atoms with Crippen LogP contribution in [0, 0.1) is 0 Å². The van der Waals surface area contributed by atoms with Crippen LogP contribution in [0.1, 0.15) is 11.1 Å². The van der Waals surface area contributed by atoms with E-state index in [0.717, 1.165) is 23.8 Å². The average Bonchev–Trinajstić information content (AvgIpc) is 2.59. The van der Waals surface area contributed by atoms with Gasteiger partial charge in [-0.25, -0.2) is 0 Å². The zero-order valence-electron chi connectivity index (χ0n) is 13.2. The third kappa shape index (κ3) is 5.23. The number of alkyl halides is 3. The van der Waals surface area contributed by atoms with Gasteiger partial charge in [-0.3, -0.25) is 9.59 Å². The Morgan fingerprint density at radius 1 is 1.04 bits per heavy atom. The maximum atomic E-state index is 12.6. The quantitative estimate of drug-likeness (QED) is 0.832. The van der Waals surface area contributed by atoms with Gasteiger partial charge in [0, 0.05) is 12.2 Å². The van der Waals surface area contributed by atoms with E-state index in [9.17, 15) is 22.8 Å². The minimum atomic E-state index is -4.53. The van der Waals surface area contributed by atoms with E-state index >= 15 is 0 Å². The van der Waals surface area contributed by atoms with Gasteiger partial charge < -0.3 is 15.4 Å². The van der Waals surface area contributed by atoms with Crippen LogP contribution in [0.2, 0.25) is 0 Å². The van der Waals surface area contributed by atoms with Crippen LogP contribution >= 0.6 is 0 Å². The van der Waals surface area contributed by atoms with Crippen LogP contribution in [0.15, 0.2) is 48.5 Å². The van der Waals surface area contributed by atoms with Crippen molar-refractivity contribution in [3.63, 3.8) is 0 Å². The van der Waals surface area contributed by atoms with E-state index in [-0.39, 0.29) is 12.2 Å². The molecule has 0 saturated heterocycles. The van der Waals surface area contributed by atoms with Gasteiger partial charge in [0.15, 0.2) is 0 Å². The number of amides is 2. The molecular formula is C17H15F3N2O3. The predicted molar refractivity (Wildman–Crippen MR) is 84.9 cm³/mol. The molecule has 2 rings (SSSR count). The Hall–Kier alpha value is -3.03. The first-order valence-corrected chi connectivity index (χ1v) is 7.19. The normalized spacial score (nSPS) is 10.9. The Bertz CT molecular complexity index is 758. The number of carbonyl (C=O) groups excluding carboxylic acids is 2. The van der Waals surface area contributed by atoms with E-state index in [1.165, 1.54) is 13.2 Å². The number of rotatable bonds is 4. The monoisotopic (exact) mass is 352 g/mol. The number of hydrogen-bond acceptors (Lipinski definition) is 3. The second-order valence-corrected chi connectivity index (χ2v) is 5.06. The van der Waals surface area contributed by atoms with Gasteiger partial charge in [-0.05, 0) is 35.9 Å². The molecule has 132 valence electrons. The SMILES string of the molecule is COc1ccc(CNC(=O)C(=O)Nc2cccc(C(F)(F)F)c2)cc1. The molecule has 0 saturated carbocycles. The molecule has 2 N–H and O–H groups in total. The summed E-state index contributed by atoms with van der Waals surface area (Å²) in [6, 6.07) is 10.9. The van der Waals surface area contributed by atoms with Crippen LogP contribution in [0.5, 0.6) is 5.75 Å². The molecule has 0 bridgehead atoms. The Morgan fingerprint density at radius 2 is 1.72 bits per heavy atom. The minimum Gasteiger partial charge on any atom is -0.497 e. The molecule has 0 unspecified atom stereocenters. The molecule has 8 heteroatoms. The van der Waals surface area contributed by atoms with Crippen molar-refractivity contribution in [2.45, 2.75) is 12.7 Å². The van der Waals surface area contributed by atoms with E-state index in [2.05, 4.69) is 10.6 Å². The summed E-state index contributed by atoms with van der Waals surface area (Å²) in [6.45, 7) is 0.0961. The molecule has 2 aromatic rings. The largest absolute Gasteiger partial charge is 0.497 e. The number of methoxy groups -OCH3 is 1. The topological polar surface area (TPSA) is 67.4 Å². The summed E-state index contributed by atoms with van der Waals surface area (Å²) in [4.78, 5) is 23.5. The van der Waals surface area contributed by atoms with Crippen molar-refractivity contribution in [1.82, 2.24) is 5.32 Å². The second-order valence-electron chi connectivity index (χ2n) is 5.06. The summed E-state index contributed by atoms with van der Waals surface area (Å²) in [5.41, 5.74) is -0.288. The smallest absolute Gasteiger partial charge is 0.416 e. The van der Waals surface area contributed by atoms with Gasteiger partial charge in [0.2, 0.25) is 0 Å². The maximum Gasteiger partial charge on any atom is 0.416 e. The summed E-state index contributed by atoms with van der Waals surface area (Å²) in [7, 11) is 1.52. The molecule has 0 aromatic heterocycles. The first kappa shape index (κ1) is 18.3. The predicted octanol–water partition coefficient (Wildman–Crippen LogP) is 2.97. The van der Waals surface area contributed by atoms with Crippen molar-refractivity contribution in [2.24, 2.45) is 0 Å². The molecule has 5 nitrogen and oxygen atoms in total. The van der Waals surface area contributed by atoms with E-state index in [1.807, 2.05) is 0 Å². The average molecular weight is 352 g/mol. The first-order valence-electron chi connectivity index (χ1n) is 7.19. The number of nitrogens with one attached hydrogen (secondary N) is 2. The van der Waals surface area contributed by atoms with Gasteiger partial charge in [-0.1, -0.05) is 18.2 Å². The van der Waals surface area contributed by atoms with Crippen molar-refractivity contribution < 1.29 is 27.5 Å². The molecule has 0 aliphatic carbocycles. The summed E-state index contributed by atoms with van der Waals surface area (Å²) < 4.78 is 42.9. The first-order chi connectivity index (χ1) is 11.8. The lowest BCUT2D eigenvalue weighted by atomic mass is 10.2. The molecule has 25 heavy (non-hydrogen) atoms. The molecule has 2 aromatic carbocycles. The number of ether oxygens (including phenoxy) is 1. The lowest BCUT2D eigenvalue weighted by Crippen LogP contribution is -2.35. The third-order valence-electron chi connectivity index (χ3n) is 3.27. The molecule has 0 spiro atoms. The van der Waals surface area contributed by atoms with Gasteiger partial charge in [-0.15, -0.1) is 0 Å².